The summed E-state index contributed by atoms with van der Waals surface area (Å²) >= 11 is 3.32. The van der Waals surface area contributed by atoms with Crippen molar-refractivity contribution in [3.8, 4) is 11.8 Å². The van der Waals surface area contributed by atoms with Gasteiger partial charge in [-0.25, -0.2) is 4.79 Å². The average Bonchev–Trinajstić information content (AvgIpc) is 2.36. The number of carbonyl (C=O) groups excluding carboxylic acids is 1. The van der Waals surface area contributed by atoms with Gasteiger partial charge in [-0.1, -0.05) is 15.9 Å². The van der Waals surface area contributed by atoms with Crippen molar-refractivity contribution in [1.82, 2.24) is 0 Å². The van der Waals surface area contributed by atoms with Gasteiger partial charge >= 0.3 is 5.97 Å². The molecule has 0 saturated carbocycles. The molecule has 108 valence electrons. The van der Waals surface area contributed by atoms with Crippen molar-refractivity contribution in [2.24, 2.45) is 0 Å². The Labute approximate surface area is 127 Å². The van der Waals surface area contributed by atoms with Crippen LogP contribution >= 0.6 is 15.9 Å². The zero-order valence-corrected chi connectivity index (χ0v) is 13.7. The maximum absolute atomic E-state index is 12.2. The minimum absolute atomic E-state index is 0.281. The average molecular weight is 340 g/mol. The van der Waals surface area contributed by atoms with Crippen molar-refractivity contribution in [2.45, 2.75) is 38.6 Å². The van der Waals surface area contributed by atoms with Crippen LogP contribution < -0.4 is 4.74 Å². The summed E-state index contributed by atoms with van der Waals surface area (Å²) in [5, 5.41) is 9.66. The van der Waals surface area contributed by atoms with E-state index in [1.807, 2.05) is 6.92 Å². The van der Waals surface area contributed by atoms with Crippen LogP contribution in [0.5, 0.6) is 5.75 Å². The SMILES string of the molecule is CCOc1cc(CBr)c(C#N)cc1C(=O)OC(C)(C)C. The molecular weight excluding hydrogens is 322 g/mol. The fourth-order valence-corrected chi connectivity index (χ4v) is 2.07. The molecule has 0 aliphatic heterocycles. The van der Waals surface area contributed by atoms with Gasteiger partial charge in [0, 0.05) is 5.33 Å². The third-order valence-corrected chi connectivity index (χ3v) is 2.99. The second-order valence-corrected chi connectivity index (χ2v) is 5.75. The summed E-state index contributed by atoms with van der Waals surface area (Å²) in [5.41, 5.74) is 0.902. The second kappa shape index (κ2) is 6.76. The van der Waals surface area contributed by atoms with E-state index in [1.54, 1.807) is 26.8 Å². The summed E-state index contributed by atoms with van der Waals surface area (Å²) in [5.74, 6) is -0.0474. The molecule has 0 fully saturated rings. The monoisotopic (exact) mass is 339 g/mol. The van der Waals surface area contributed by atoms with Crippen LogP contribution in [0.3, 0.4) is 0 Å². The number of halogens is 1. The fourth-order valence-electron chi connectivity index (χ4n) is 1.60. The number of nitrogens with zero attached hydrogens (tertiary/aromatic N) is 1. The number of nitriles is 1. The Morgan fingerprint density at radius 2 is 2.05 bits per heavy atom. The standard InChI is InChI=1S/C15H18BrNO3/c1-5-19-13-7-10(8-16)11(9-17)6-12(13)14(18)20-15(2,3)4/h6-7H,5,8H2,1-4H3. The van der Waals surface area contributed by atoms with Crippen LogP contribution in [0.15, 0.2) is 12.1 Å². The molecule has 0 unspecified atom stereocenters. The lowest BCUT2D eigenvalue weighted by atomic mass is 10.0. The highest BCUT2D eigenvalue weighted by Crippen LogP contribution is 2.27. The maximum Gasteiger partial charge on any atom is 0.342 e. The van der Waals surface area contributed by atoms with E-state index >= 15 is 0 Å². The predicted molar refractivity (Wildman–Crippen MR) is 80.1 cm³/mol. The third kappa shape index (κ3) is 4.24. The van der Waals surface area contributed by atoms with E-state index in [4.69, 9.17) is 14.7 Å². The van der Waals surface area contributed by atoms with E-state index in [9.17, 15) is 4.79 Å². The van der Waals surface area contributed by atoms with Gasteiger partial charge in [0.05, 0.1) is 18.2 Å². The van der Waals surface area contributed by atoms with Gasteiger partial charge in [-0.2, -0.15) is 5.26 Å². The van der Waals surface area contributed by atoms with Crippen LogP contribution in [-0.4, -0.2) is 18.2 Å². The molecule has 0 aromatic heterocycles. The first-order valence-electron chi connectivity index (χ1n) is 6.31. The molecule has 4 nitrogen and oxygen atoms in total. The van der Waals surface area contributed by atoms with Gasteiger partial charge in [0.25, 0.3) is 0 Å². The molecule has 0 aliphatic carbocycles. The number of ether oxygens (including phenoxy) is 2. The van der Waals surface area contributed by atoms with E-state index in [0.29, 0.717) is 23.2 Å². The van der Waals surface area contributed by atoms with Crippen LogP contribution in [0.25, 0.3) is 0 Å². The van der Waals surface area contributed by atoms with Gasteiger partial charge in [0.1, 0.15) is 16.9 Å². The molecule has 1 aromatic rings. The van der Waals surface area contributed by atoms with Crippen LogP contribution in [0, 0.1) is 11.3 Å². The fraction of sp³-hybridized carbons (Fsp3) is 0.467. The number of benzene rings is 1. The van der Waals surface area contributed by atoms with Gasteiger partial charge in [0.2, 0.25) is 0 Å². The number of rotatable bonds is 4. The Hall–Kier alpha value is -1.54. The molecule has 20 heavy (non-hydrogen) atoms. The molecule has 0 saturated heterocycles. The molecule has 5 heteroatoms. The lowest BCUT2D eigenvalue weighted by Crippen LogP contribution is -2.24. The largest absolute Gasteiger partial charge is 0.493 e. The highest BCUT2D eigenvalue weighted by Gasteiger charge is 2.22. The Bertz CT molecular complexity index is 541. The first-order valence-corrected chi connectivity index (χ1v) is 7.43. The first-order chi connectivity index (χ1) is 9.32. The molecular formula is C15H18BrNO3. The van der Waals surface area contributed by atoms with Crippen molar-refractivity contribution in [3.63, 3.8) is 0 Å². The molecule has 1 rings (SSSR count). The Balaban J connectivity index is 3.29. The van der Waals surface area contributed by atoms with E-state index in [0.717, 1.165) is 5.56 Å². The molecule has 1 aromatic carbocycles. The summed E-state index contributed by atoms with van der Waals surface area (Å²) in [6.07, 6.45) is 0. The van der Waals surface area contributed by atoms with Crippen LogP contribution in [0.4, 0.5) is 0 Å². The van der Waals surface area contributed by atoms with E-state index < -0.39 is 11.6 Å². The summed E-state index contributed by atoms with van der Waals surface area (Å²) in [6.45, 7) is 7.66. The van der Waals surface area contributed by atoms with Gasteiger partial charge in [-0.05, 0) is 45.4 Å². The first kappa shape index (κ1) is 16.5. The number of esters is 1. The van der Waals surface area contributed by atoms with Crippen LogP contribution in [0.2, 0.25) is 0 Å². The highest BCUT2D eigenvalue weighted by molar-refractivity contribution is 9.08. The summed E-state index contributed by atoms with van der Waals surface area (Å²) in [7, 11) is 0. The maximum atomic E-state index is 12.2. The van der Waals surface area contributed by atoms with Gasteiger partial charge in [-0.3, -0.25) is 0 Å². The molecule has 0 aliphatic rings. The van der Waals surface area contributed by atoms with Crippen molar-refractivity contribution >= 4 is 21.9 Å². The van der Waals surface area contributed by atoms with E-state index in [1.165, 1.54) is 6.07 Å². The number of carbonyl (C=O) groups is 1. The zero-order chi connectivity index (χ0) is 15.3. The molecule has 0 atom stereocenters. The van der Waals surface area contributed by atoms with Gasteiger partial charge in [0.15, 0.2) is 0 Å². The van der Waals surface area contributed by atoms with Crippen LogP contribution in [0.1, 0.15) is 49.2 Å². The zero-order valence-electron chi connectivity index (χ0n) is 12.1. The number of hydrogen-bond acceptors (Lipinski definition) is 4. The number of alkyl halides is 1. The summed E-state index contributed by atoms with van der Waals surface area (Å²) in [4.78, 5) is 12.2. The molecule has 0 amide bonds. The lowest BCUT2D eigenvalue weighted by Gasteiger charge is -2.21. The normalized spacial score (nSPS) is 10.8. The van der Waals surface area contributed by atoms with Crippen molar-refractivity contribution in [2.75, 3.05) is 6.61 Å². The quantitative estimate of drug-likeness (QED) is 0.618. The third-order valence-electron chi connectivity index (χ3n) is 2.39. The molecule has 0 spiro atoms. The number of hydrogen-bond donors (Lipinski definition) is 0. The van der Waals surface area contributed by atoms with Gasteiger partial charge < -0.3 is 9.47 Å². The Morgan fingerprint density at radius 3 is 2.50 bits per heavy atom. The topological polar surface area (TPSA) is 59.3 Å². The second-order valence-electron chi connectivity index (χ2n) is 5.19. The predicted octanol–water partition coefficient (Wildman–Crippen LogP) is 3.81. The Kier molecular flexibility index (Phi) is 5.58. The minimum Gasteiger partial charge on any atom is -0.493 e. The van der Waals surface area contributed by atoms with E-state index in [2.05, 4.69) is 22.0 Å². The van der Waals surface area contributed by atoms with Crippen molar-refractivity contribution in [3.05, 3.63) is 28.8 Å². The van der Waals surface area contributed by atoms with Gasteiger partial charge in [-0.15, -0.1) is 0 Å². The molecule has 0 heterocycles. The summed E-state index contributed by atoms with van der Waals surface area (Å²) in [6, 6.07) is 5.31. The van der Waals surface area contributed by atoms with Crippen molar-refractivity contribution < 1.29 is 14.3 Å². The summed E-state index contributed by atoms with van der Waals surface area (Å²) < 4.78 is 10.8. The molecule has 0 N–H and O–H groups in total. The van der Waals surface area contributed by atoms with Crippen molar-refractivity contribution in [1.29, 1.82) is 5.26 Å². The highest BCUT2D eigenvalue weighted by atomic mass is 79.9. The van der Waals surface area contributed by atoms with Crippen LogP contribution in [-0.2, 0) is 10.1 Å². The van der Waals surface area contributed by atoms with E-state index in [-0.39, 0.29) is 5.56 Å². The minimum atomic E-state index is -0.596. The lowest BCUT2D eigenvalue weighted by molar-refractivity contribution is 0.00660. The smallest absolute Gasteiger partial charge is 0.342 e. The Morgan fingerprint density at radius 1 is 1.40 bits per heavy atom. The molecule has 0 bridgehead atoms. The molecule has 0 radical (unpaired) electrons.